The fraction of sp³-hybridized carbons (Fsp3) is 0.290. The largest absolute Gasteiger partial charge is 0.356 e. The average molecular weight is 574 g/mol. The molecule has 1 saturated heterocycles. The minimum absolute atomic E-state index is 0.0478. The highest BCUT2D eigenvalue weighted by atomic mass is 19.1. The van der Waals surface area contributed by atoms with Gasteiger partial charge in [-0.05, 0) is 36.5 Å². The molecule has 4 N–H and O–H groups in total. The highest BCUT2D eigenvalue weighted by Gasteiger charge is 2.35. The quantitative estimate of drug-likeness (QED) is 0.243. The second-order valence-corrected chi connectivity index (χ2v) is 10.1. The van der Waals surface area contributed by atoms with Gasteiger partial charge in [0.2, 0.25) is 17.6 Å². The zero-order valence-electron chi connectivity index (χ0n) is 22.8. The van der Waals surface area contributed by atoms with Crippen LogP contribution in [0.15, 0.2) is 79.1 Å². The predicted octanol–water partition coefficient (Wildman–Crippen LogP) is 1.85. The fourth-order valence-electron chi connectivity index (χ4n) is 4.71. The zero-order valence-corrected chi connectivity index (χ0v) is 22.8. The Balaban J connectivity index is 1.53. The van der Waals surface area contributed by atoms with Crippen LogP contribution in [0.2, 0.25) is 0 Å². The van der Waals surface area contributed by atoms with Crippen molar-refractivity contribution in [2.45, 2.75) is 44.3 Å². The van der Waals surface area contributed by atoms with Crippen LogP contribution < -0.4 is 21.3 Å². The van der Waals surface area contributed by atoms with Gasteiger partial charge in [-0.3, -0.25) is 29.0 Å². The summed E-state index contributed by atoms with van der Waals surface area (Å²) < 4.78 is 13.7. The molecule has 2 heterocycles. The van der Waals surface area contributed by atoms with Crippen molar-refractivity contribution < 1.29 is 28.4 Å². The van der Waals surface area contributed by atoms with E-state index in [1.165, 1.54) is 6.20 Å². The van der Waals surface area contributed by atoms with Crippen LogP contribution in [0, 0.1) is 11.7 Å². The number of hydrogen-bond donors (Lipinski definition) is 4. The number of benzene rings is 2. The van der Waals surface area contributed by atoms with Gasteiger partial charge in [-0.1, -0.05) is 60.7 Å². The van der Waals surface area contributed by atoms with Gasteiger partial charge in [-0.25, -0.2) is 4.39 Å². The standard InChI is InChI=1S/C31H32FN5O5/c32-24-15-23(18-33-19-24)29(40)37-26(14-20-8-3-1-4-9-20)30(41)36-25(16-22-12-7-13-34-28(22)39)27(38)31(42)35-17-21-10-5-2-6-11-21/h1-6,8-11,15,18-19,22,25-26H,7,12-14,16-17H2,(H,34,39)(H,35,42)(H,36,41)(H,37,40)/t22-,25-,26-/m0/s1. The number of ketones is 1. The third-order valence-corrected chi connectivity index (χ3v) is 6.94. The van der Waals surface area contributed by atoms with Gasteiger partial charge in [0.1, 0.15) is 11.9 Å². The van der Waals surface area contributed by atoms with E-state index in [1.807, 2.05) is 6.07 Å². The Morgan fingerprint density at radius 2 is 1.62 bits per heavy atom. The highest BCUT2D eigenvalue weighted by Crippen LogP contribution is 2.18. The number of carbonyl (C=O) groups excluding carboxylic acids is 5. The van der Waals surface area contributed by atoms with Crippen LogP contribution in [-0.4, -0.2) is 53.0 Å². The summed E-state index contributed by atoms with van der Waals surface area (Å²) in [5, 5.41) is 10.5. The van der Waals surface area contributed by atoms with E-state index in [1.54, 1.807) is 54.6 Å². The molecule has 0 aliphatic carbocycles. The van der Waals surface area contributed by atoms with Crippen LogP contribution in [0.5, 0.6) is 0 Å². The topological polar surface area (TPSA) is 146 Å². The Kier molecular flexibility index (Phi) is 10.5. The molecule has 2 aromatic carbocycles. The number of piperidine rings is 1. The van der Waals surface area contributed by atoms with E-state index in [4.69, 9.17) is 0 Å². The molecular weight excluding hydrogens is 541 g/mol. The molecule has 0 spiro atoms. The molecule has 0 radical (unpaired) electrons. The summed E-state index contributed by atoms with van der Waals surface area (Å²) in [7, 11) is 0. The van der Waals surface area contributed by atoms with E-state index in [0.717, 1.165) is 17.8 Å². The molecule has 1 fully saturated rings. The van der Waals surface area contributed by atoms with Crippen molar-refractivity contribution in [3.8, 4) is 0 Å². The Labute approximate surface area is 242 Å². The molecule has 11 heteroatoms. The lowest BCUT2D eigenvalue weighted by molar-refractivity contribution is -0.141. The predicted molar refractivity (Wildman–Crippen MR) is 151 cm³/mol. The van der Waals surface area contributed by atoms with E-state index < -0.39 is 47.3 Å². The third kappa shape index (κ3) is 8.53. The number of rotatable bonds is 12. The van der Waals surface area contributed by atoms with Crippen molar-refractivity contribution in [1.82, 2.24) is 26.3 Å². The first-order chi connectivity index (χ1) is 20.3. The molecule has 0 unspecified atom stereocenters. The molecule has 3 aromatic rings. The first-order valence-electron chi connectivity index (χ1n) is 13.7. The lowest BCUT2D eigenvalue weighted by atomic mass is 9.89. The number of pyridine rings is 1. The molecule has 1 aliphatic rings. The molecule has 218 valence electrons. The van der Waals surface area contributed by atoms with Gasteiger partial charge < -0.3 is 21.3 Å². The minimum Gasteiger partial charge on any atom is -0.356 e. The highest BCUT2D eigenvalue weighted by molar-refractivity contribution is 6.38. The van der Waals surface area contributed by atoms with Gasteiger partial charge in [0.05, 0.1) is 17.8 Å². The summed E-state index contributed by atoms with van der Waals surface area (Å²) in [6, 6.07) is 16.4. The summed E-state index contributed by atoms with van der Waals surface area (Å²) in [5.74, 6) is -4.85. The molecule has 4 rings (SSSR count). The first kappa shape index (κ1) is 30.0. The monoisotopic (exact) mass is 573 g/mol. The number of nitrogens with one attached hydrogen (secondary N) is 4. The summed E-state index contributed by atoms with van der Waals surface area (Å²) in [6.45, 7) is 0.613. The third-order valence-electron chi connectivity index (χ3n) is 6.94. The van der Waals surface area contributed by atoms with Crippen LogP contribution in [-0.2, 0) is 32.1 Å². The normalized spacial score (nSPS) is 15.9. The lowest BCUT2D eigenvalue weighted by Gasteiger charge is -2.27. The van der Waals surface area contributed by atoms with E-state index in [9.17, 15) is 28.4 Å². The number of Topliss-reactive ketones (excluding diaryl/α,β-unsaturated/α-hetero) is 1. The van der Waals surface area contributed by atoms with Crippen molar-refractivity contribution in [1.29, 1.82) is 0 Å². The molecule has 1 aromatic heterocycles. The van der Waals surface area contributed by atoms with Crippen molar-refractivity contribution in [3.05, 3.63) is 102 Å². The molecule has 1 aliphatic heterocycles. The maximum atomic E-state index is 13.7. The van der Waals surface area contributed by atoms with Crippen LogP contribution >= 0.6 is 0 Å². The number of nitrogens with zero attached hydrogens (tertiary/aromatic N) is 1. The number of halogens is 1. The van der Waals surface area contributed by atoms with Gasteiger partial charge in [0.25, 0.3) is 11.8 Å². The van der Waals surface area contributed by atoms with Crippen LogP contribution in [0.1, 0.15) is 40.7 Å². The number of hydrogen-bond acceptors (Lipinski definition) is 6. The van der Waals surface area contributed by atoms with Crippen molar-refractivity contribution in [2.75, 3.05) is 6.54 Å². The van der Waals surface area contributed by atoms with Crippen LogP contribution in [0.4, 0.5) is 4.39 Å². The summed E-state index contributed by atoms with van der Waals surface area (Å²) in [4.78, 5) is 69.0. The second-order valence-electron chi connectivity index (χ2n) is 10.1. The van der Waals surface area contributed by atoms with Gasteiger partial charge in [0, 0.05) is 31.6 Å². The molecule has 4 amide bonds. The molecule has 42 heavy (non-hydrogen) atoms. The van der Waals surface area contributed by atoms with Crippen LogP contribution in [0.3, 0.4) is 0 Å². The summed E-state index contributed by atoms with van der Waals surface area (Å²) in [5.41, 5.74) is 1.40. The molecule has 3 atom stereocenters. The van der Waals surface area contributed by atoms with Gasteiger partial charge in [0.15, 0.2) is 0 Å². The Bertz CT molecular complexity index is 1420. The summed E-state index contributed by atoms with van der Waals surface area (Å²) >= 11 is 0. The average Bonchev–Trinajstić information content (AvgIpc) is 3.00. The number of aromatic nitrogens is 1. The fourth-order valence-corrected chi connectivity index (χ4v) is 4.71. The number of amides is 4. The summed E-state index contributed by atoms with van der Waals surface area (Å²) in [6.07, 6.45) is 3.27. The number of carbonyl (C=O) groups is 5. The lowest BCUT2D eigenvalue weighted by Crippen LogP contribution is -2.55. The van der Waals surface area contributed by atoms with Crippen LogP contribution in [0.25, 0.3) is 0 Å². The molecule has 10 nitrogen and oxygen atoms in total. The van der Waals surface area contributed by atoms with Crippen molar-refractivity contribution in [2.24, 2.45) is 5.92 Å². The van der Waals surface area contributed by atoms with E-state index in [0.29, 0.717) is 24.9 Å². The van der Waals surface area contributed by atoms with E-state index in [2.05, 4.69) is 26.3 Å². The maximum absolute atomic E-state index is 13.7. The van der Waals surface area contributed by atoms with E-state index >= 15 is 0 Å². The van der Waals surface area contributed by atoms with Crippen molar-refractivity contribution >= 4 is 29.4 Å². The smallest absolute Gasteiger partial charge is 0.289 e. The minimum atomic E-state index is -1.33. The first-order valence-corrected chi connectivity index (χ1v) is 13.7. The Morgan fingerprint density at radius 3 is 2.29 bits per heavy atom. The molecule has 0 saturated carbocycles. The SMILES string of the molecule is O=C(NCc1ccccc1)C(=O)[C@H](C[C@@H]1CCCNC1=O)NC(=O)[C@H](Cc1ccccc1)NC(=O)c1cncc(F)c1. The van der Waals surface area contributed by atoms with Gasteiger partial charge in [-0.2, -0.15) is 0 Å². The van der Waals surface area contributed by atoms with Gasteiger partial charge in [-0.15, -0.1) is 0 Å². The maximum Gasteiger partial charge on any atom is 0.289 e. The Hall–Kier alpha value is -4.93. The van der Waals surface area contributed by atoms with Crippen molar-refractivity contribution in [3.63, 3.8) is 0 Å². The van der Waals surface area contributed by atoms with Gasteiger partial charge >= 0.3 is 0 Å². The second kappa shape index (κ2) is 14.6. The van der Waals surface area contributed by atoms with E-state index in [-0.39, 0.29) is 30.9 Å². The molecular formula is C31H32FN5O5. The Morgan fingerprint density at radius 1 is 0.929 bits per heavy atom. The molecule has 0 bridgehead atoms. The zero-order chi connectivity index (χ0) is 29.9.